The highest BCUT2D eigenvalue weighted by molar-refractivity contribution is 5.89. The Morgan fingerprint density at radius 3 is 2.12 bits per heavy atom. The third-order valence-electron chi connectivity index (χ3n) is 1.43. The van der Waals surface area contributed by atoms with Crippen LogP contribution in [0.25, 0.3) is 0 Å². The van der Waals surface area contributed by atoms with Crippen molar-refractivity contribution < 1.29 is 29.6 Å². The zero-order chi connectivity index (χ0) is 13.3. The largest absolute Gasteiger partial charge is 0.508 e. The molecule has 94 valence electrons. The number of rotatable bonds is 3. The molecule has 0 aliphatic heterocycles. The van der Waals surface area contributed by atoms with E-state index in [1.54, 1.807) is 0 Å². The smallest absolute Gasteiger partial charge is 0.338 e. The topological polar surface area (TPSA) is 104 Å². The molecule has 0 unspecified atom stereocenters. The van der Waals surface area contributed by atoms with Crippen molar-refractivity contribution in [2.45, 2.75) is 6.92 Å². The fourth-order valence-electron chi connectivity index (χ4n) is 0.819. The molecule has 6 heteroatoms. The van der Waals surface area contributed by atoms with Gasteiger partial charge in [-0.2, -0.15) is 0 Å². The maximum Gasteiger partial charge on any atom is 0.338 e. The molecule has 0 aromatic heterocycles. The fourth-order valence-corrected chi connectivity index (χ4v) is 0.819. The van der Waals surface area contributed by atoms with Crippen molar-refractivity contribution >= 4 is 11.9 Å². The highest BCUT2D eigenvalue weighted by atomic mass is 16.5. The van der Waals surface area contributed by atoms with E-state index in [1.165, 1.54) is 24.3 Å². The Kier molecular flexibility index (Phi) is 7.12. The van der Waals surface area contributed by atoms with Crippen LogP contribution in [0.3, 0.4) is 0 Å². The lowest BCUT2D eigenvalue weighted by Gasteiger charge is -2.01. The molecular weight excluding hydrogens is 228 g/mol. The van der Waals surface area contributed by atoms with E-state index < -0.39 is 11.9 Å². The molecule has 1 aromatic rings. The number of carboxylic acid groups (broad SMARTS) is 1. The zero-order valence-corrected chi connectivity index (χ0v) is 9.29. The van der Waals surface area contributed by atoms with Crippen molar-refractivity contribution in [2.24, 2.45) is 0 Å². The Labute approximate surface area is 98.1 Å². The molecule has 0 fully saturated rings. The number of carbonyl (C=O) groups is 2. The Morgan fingerprint density at radius 1 is 1.24 bits per heavy atom. The van der Waals surface area contributed by atoms with Gasteiger partial charge < -0.3 is 20.1 Å². The number of ether oxygens (including phenoxy) is 1. The van der Waals surface area contributed by atoms with Gasteiger partial charge in [0.2, 0.25) is 0 Å². The number of hydrogen-bond donors (Lipinski definition) is 3. The third kappa shape index (κ3) is 7.80. The van der Waals surface area contributed by atoms with Gasteiger partial charge in [-0.1, -0.05) is 0 Å². The molecule has 6 nitrogen and oxygen atoms in total. The minimum Gasteiger partial charge on any atom is -0.508 e. The van der Waals surface area contributed by atoms with Crippen LogP contribution in [0.2, 0.25) is 0 Å². The summed E-state index contributed by atoms with van der Waals surface area (Å²) in [6.07, 6.45) is 0. The maximum absolute atomic E-state index is 11.1. The summed E-state index contributed by atoms with van der Waals surface area (Å²) in [7, 11) is 0. The van der Waals surface area contributed by atoms with Crippen LogP contribution in [0.1, 0.15) is 17.3 Å². The molecule has 3 N–H and O–H groups in total. The van der Waals surface area contributed by atoms with Crippen LogP contribution in [-0.2, 0) is 9.53 Å². The van der Waals surface area contributed by atoms with E-state index in [0.717, 1.165) is 6.92 Å². The van der Waals surface area contributed by atoms with E-state index in [0.29, 0.717) is 5.56 Å². The van der Waals surface area contributed by atoms with Crippen LogP contribution in [0.15, 0.2) is 24.3 Å². The quantitative estimate of drug-likeness (QED) is 0.671. The number of aliphatic carboxylic acids is 1. The third-order valence-corrected chi connectivity index (χ3v) is 1.43. The van der Waals surface area contributed by atoms with Crippen LogP contribution in [0.4, 0.5) is 0 Å². The molecule has 0 saturated carbocycles. The molecule has 0 atom stereocenters. The van der Waals surface area contributed by atoms with Gasteiger partial charge in [0.05, 0.1) is 12.2 Å². The number of carboxylic acids is 1. The standard InChI is InChI=1S/C9H10O4.C2H4O2/c10-5-6-13-9(12)7-1-3-8(11)4-2-7;1-2(3)4/h1-4,10-11H,5-6H2;1H3,(H,3,4). The minimum atomic E-state index is -0.833. The average molecular weight is 242 g/mol. The molecule has 0 amide bonds. The van der Waals surface area contributed by atoms with Crippen LogP contribution < -0.4 is 0 Å². The van der Waals surface area contributed by atoms with Crippen molar-refractivity contribution in [1.29, 1.82) is 0 Å². The molecule has 0 heterocycles. The summed E-state index contributed by atoms with van der Waals surface area (Å²) in [6.45, 7) is 0.879. The molecule has 1 rings (SSSR count). The van der Waals surface area contributed by atoms with E-state index in [1.807, 2.05) is 0 Å². The van der Waals surface area contributed by atoms with Crippen molar-refractivity contribution in [3.63, 3.8) is 0 Å². The van der Waals surface area contributed by atoms with Gasteiger partial charge in [0, 0.05) is 6.92 Å². The summed E-state index contributed by atoms with van der Waals surface area (Å²) in [5, 5.41) is 24.7. The summed E-state index contributed by atoms with van der Waals surface area (Å²) in [5.74, 6) is -1.24. The predicted molar refractivity (Wildman–Crippen MR) is 58.8 cm³/mol. The van der Waals surface area contributed by atoms with Crippen molar-refractivity contribution in [3.8, 4) is 5.75 Å². The number of aliphatic hydroxyl groups excluding tert-OH is 1. The SMILES string of the molecule is CC(=O)O.O=C(OCCO)c1ccc(O)cc1. The Hall–Kier alpha value is -2.08. The monoisotopic (exact) mass is 242 g/mol. The highest BCUT2D eigenvalue weighted by Crippen LogP contribution is 2.10. The first-order valence-corrected chi connectivity index (χ1v) is 4.74. The van der Waals surface area contributed by atoms with Gasteiger partial charge in [-0.3, -0.25) is 4.79 Å². The predicted octanol–water partition coefficient (Wildman–Crippen LogP) is 0.632. The number of esters is 1. The first-order chi connectivity index (χ1) is 7.97. The van der Waals surface area contributed by atoms with Gasteiger partial charge in [0.15, 0.2) is 0 Å². The second-order valence-electron chi connectivity index (χ2n) is 2.93. The molecule has 0 spiro atoms. The number of carbonyl (C=O) groups excluding carboxylic acids is 1. The van der Waals surface area contributed by atoms with Crippen LogP contribution in [0.5, 0.6) is 5.75 Å². The van der Waals surface area contributed by atoms with Gasteiger partial charge in [0.1, 0.15) is 12.4 Å². The highest BCUT2D eigenvalue weighted by Gasteiger charge is 2.05. The molecule has 0 saturated heterocycles. The Bertz CT molecular complexity index is 353. The van der Waals surface area contributed by atoms with Gasteiger partial charge >= 0.3 is 5.97 Å². The Morgan fingerprint density at radius 2 is 1.71 bits per heavy atom. The molecule has 17 heavy (non-hydrogen) atoms. The van der Waals surface area contributed by atoms with Crippen molar-refractivity contribution in [3.05, 3.63) is 29.8 Å². The fraction of sp³-hybridized carbons (Fsp3) is 0.273. The second-order valence-corrected chi connectivity index (χ2v) is 2.93. The lowest BCUT2D eigenvalue weighted by molar-refractivity contribution is -0.134. The van der Waals surface area contributed by atoms with Gasteiger partial charge in [-0.05, 0) is 24.3 Å². The minimum absolute atomic E-state index is 0.0142. The molecule has 0 bridgehead atoms. The van der Waals surface area contributed by atoms with E-state index in [2.05, 4.69) is 4.74 Å². The van der Waals surface area contributed by atoms with Gasteiger partial charge in [-0.15, -0.1) is 0 Å². The zero-order valence-electron chi connectivity index (χ0n) is 9.29. The lowest BCUT2D eigenvalue weighted by Crippen LogP contribution is -2.08. The summed E-state index contributed by atoms with van der Waals surface area (Å²) < 4.78 is 4.65. The van der Waals surface area contributed by atoms with E-state index in [9.17, 15) is 4.79 Å². The summed E-state index contributed by atoms with van der Waals surface area (Å²) >= 11 is 0. The van der Waals surface area contributed by atoms with Crippen molar-refractivity contribution in [1.82, 2.24) is 0 Å². The molecule has 0 aliphatic rings. The average Bonchev–Trinajstić information content (AvgIpc) is 2.26. The molecule has 0 radical (unpaired) electrons. The van der Waals surface area contributed by atoms with E-state index in [-0.39, 0.29) is 19.0 Å². The molecular formula is C11H14O6. The summed E-state index contributed by atoms with van der Waals surface area (Å²) in [4.78, 5) is 20.1. The number of phenols is 1. The lowest BCUT2D eigenvalue weighted by atomic mass is 10.2. The second kappa shape index (κ2) is 8.12. The summed E-state index contributed by atoms with van der Waals surface area (Å²) in [5.41, 5.74) is 0.353. The van der Waals surface area contributed by atoms with Gasteiger partial charge in [-0.25, -0.2) is 4.79 Å². The Balaban J connectivity index is 0.000000557. The number of hydrogen-bond acceptors (Lipinski definition) is 5. The molecule has 1 aromatic carbocycles. The van der Waals surface area contributed by atoms with Crippen molar-refractivity contribution in [2.75, 3.05) is 13.2 Å². The first-order valence-electron chi connectivity index (χ1n) is 4.74. The van der Waals surface area contributed by atoms with Crippen LogP contribution >= 0.6 is 0 Å². The number of phenolic OH excluding ortho intramolecular Hbond substituents is 1. The normalized spacial score (nSPS) is 8.82. The number of aromatic hydroxyl groups is 1. The maximum atomic E-state index is 11.1. The van der Waals surface area contributed by atoms with Crippen LogP contribution in [0, 0.1) is 0 Å². The number of aliphatic hydroxyl groups is 1. The van der Waals surface area contributed by atoms with E-state index >= 15 is 0 Å². The van der Waals surface area contributed by atoms with E-state index in [4.69, 9.17) is 20.1 Å². The summed E-state index contributed by atoms with van der Waals surface area (Å²) in [6, 6.07) is 5.70. The van der Waals surface area contributed by atoms with Gasteiger partial charge in [0.25, 0.3) is 5.97 Å². The first kappa shape index (κ1) is 14.9. The van der Waals surface area contributed by atoms with Crippen LogP contribution in [-0.4, -0.2) is 40.5 Å². The number of benzene rings is 1. The molecule has 0 aliphatic carbocycles.